The number of thiazole rings is 1. The van der Waals surface area contributed by atoms with Gasteiger partial charge in [0, 0.05) is 25.4 Å². The van der Waals surface area contributed by atoms with Crippen LogP contribution in [0.3, 0.4) is 0 Å². The number of nitrogens with one attached hydrogen (secondary N) is 1. The molecular formula is C13H16N4O3S. The number of carboxylic acid groups (broad SMARTS) is 1. The number of carbonyl (C=O) groups is 2. The van der Waals surface area contributed by atoms with E-state index in [4.69, 9.17) is 5.11 Å². The maximum Gasteiger partial charge on any atom is 0.355 e. The lowest BCUT2D eigenvalue weighted by Crippen LogP contribution is -2.27. The van der Waals surface area contributed by atoms with Crippen molar-refractivity contribution in [2.24, 2.45) is 7.05 Å². The second-order valence-corrected chi connectivity index (χ2v) is 5.38. The van der Waals surface area contributed by atoms with Crippen LogP contribution >= 0.6 is 11.3 Å². The summed E-state index contributed by atoms with van der Waals surface area (Å²) < 4.78 is 1.56. The van der Waals surface area contributed by atoms with E-state index >= 15 is 0 Å². The Labute approximate surface area is 125 Å². The van der Waals surface area contributed by atoms with Gasteiger partial charge in [-0.25, -0.2) is 9.78 Å². The van der Waals surface area contributed by atoms with E-state index in [-0.39, 0.29) is 11.6 Å². The first kappa shape index (κ1) is 15.2. The number of aryl methyl sites for hydroxylation is 2. The van der Waals surface area contributed by atoms with Crippen LogP contribution in [0.15, 0.2) is 11.4 Å². The first-order valence-electron chi connectivity index (χ1n) is 6.50. The summed E-state index contributed by atoms with van der Waals surface area (Å²) >= 11 is 1.28. The molecule has 2 N–H and O–H groups in total. The normalized spacial score (nSPS) is 10.6. The van der Waals surface area contributed by atoms with Gasteiger partial charge in [0.1, 0.15) is 5.69 Å². The topological polar surface area (TPSA) is 97.1 Å². The predicted octanol–water partition coefficient (Wildman–Crippen LogP) is 1.11. The molecule has 2 aromatic rings. The third-order valence-electron chi connectivity index (χ3n) is 2.92. The van der Waals surface area contributed by atoms with Crippen LogP contribution in [0, 0.1) is 0 Å². The summed E-state index contributed by atoms with van der Waals surface area (Å²) in [6.45, 7) is 2.38. The summed E-state index contributed by atoms with van der Waals surface area (Å²) in [5, 5.41) is 18.0. The van der Waals surface area contributed by atoms with Gasteiger partial charge in [0.2, 0.25) is 0 Å². The van der Waals surface area contributed by atoms with Crippen molar-refractivity contribution < 1.29 is 14.7 Å². The van der Waals surface area contributed by atoms with E-state index in [0.29, 0.717) is 23.7 Å². The van der Waals surface area contributed by atoms with E-state index in [2.05, 4.69) is 15.4 Å². The lowest BCUT2D eigenvalue weighted by Gasteiger charge is -2.03. The van der Waals surface area contributed by atoms with Crippen LogP contribution in [0.2, 0.25) is 0 Å². The minimum atomic E-state index is -1.04. The average Bonchev–Trinajstić information content (AvgIpc) is 3.05. The zero-order valence-corrected chi connectivity index (χ0v) is 12.6. The monoisotopic (exact) mass is 308 g/mol. The molecule has 7 nitrogen and oxygen atoms in total. The van der Waals surface area contributed by atoms with Crippen LogP contribution in [-0.4, -0.2) is 38.3 Å². The van der Waals surface area contributed by atoms with Gasteiger partial charge in [-0.15, -0.1) is 11.3 Å². The molecule has 0 saturated carbocycles. The Bertz CT molecular complexity index is 662. The van der Waals surface area contributed by atoms with E-state index in [1.54, 1.807) is 17.8 Å². The zero-order chi connectivity index (χ0) is 15.4. The minimum Gasteiger partial charge on any atom is -0.476 e. The summed E-state index contributed by atoms with van der Waals surface area (Å²) in [4.78, 5) is 26.7. The van der Waals surface area contributed by atoms with E-state index < -0.39 is 5.97 Å². The van der Waals surface area contributed by atoms with Crippen LogP contribution in [0.4, 0.5) is 0 Å². The summed E-state index contributed by atoms with van der Waals surface area (Å²) in [6, 6.07) is 1.77. The van der Waals surface area contributed by atoms with Gasteiger partial charge >= 0.3 is 5.97 Å². The molecule has 2 heterocycles. The Morgan fingerprint density at radius 1 is 1.48 bits per heavy atom. The molecule has 0 aliphatic carbocycles. The van der Waals surface area contributed by atoms with Gasteiger partial charge in [-0.3, -0.25) is 9.48 Å². The largest absolute Gasteiger partial charge is 0.476 e. The van der Waals surface area contributed by atoms with Gasteiger partial charge in [-0.1, -0.05) is 6.92 Å². The van der Waals surface area contributed by atoms with Gasteiger partial charge in [-0.05, 0) is 12.5 Å². The number of amides is 1. The molecule has 0 fully saturated rings. The van der Waals surface area contributed by atoms with Crippen molar-refractivity contribution in [2.45, 2.75) is 19.8 Å². The third kappa shape index (κ3) is 3.66. The highest BCUT2D eigenvalue weighted by atomic mass is 32.1. The minimum absolute atomic E-state index is 0.0422. The van der Waals surface area contributed by atoms with Gasteiger partial charge < -0.3 is 10.4 Å². The Morgan fingerprint density at radius 3 is 2.81 bits per heavy atom. The average molecular weight is 308 g/mol. The molecule has 0 saturated heterocycles. The number of hydrogen-bond acceptors (Lipinski definition) is 5. The summed E-state index contributed by atoms with van der Waals surface area (Å²) in [5.74, 6) is -1.23. The molecule has 2 rings (SSSR count). The number of aromatic carboxylic acids is 1. The SMILES string of the molecule is CCc1cc(C(=O)NCCc2nc(C(=O)O)cs2)n(C)n1. The Balaban J connectivity index is 1.88. The molecule has 0 unspecified atom stereocenters. The quantitative estimate of drug-likeness (QED) is 0.833. The lowest BCUT2D eigenvalue weighted by atomic mass is 10.3. The molecule has 8 heteroatoms. The molecule has 0 spiro atoms. The molecule has 2 aromatic heterocycles. The van der Waals surface area contributed by atoms with Gasteiger partial charge in [0.15, 0.2) is 5.69 Å². The molecule has 0 radical (unpaired) electrons. The van der Waals surface area contributed by atoms with Crippen molar-refractivity contribution in [3.05, 3.63) is 33.5 Å². The summed E-state index contributed by atoms with van der Waals surface area (Å²) in [5.41, 5.74) is 1.42. The van der Waals surface area contributed by atoms with Crippen LogP contribution in [-0.2, 0) is 19.9 Å². The van der Waals surface area contributed by atoms with Crippen molar-refractivity contribution in [1.82, 2.24) is 20.1 Å². The molecule has 21 heavy (non-hydrogen) atoms. The van der Waals surface area contributed by atoms with E-state index in [1.807, 2.05) is 6.92 Å². The highest BCUT2D eigenvalue weighted by Crippen LogP contribution is 2.10. The van der Waals surface area contributed by atoms with Crippen molar-refractivity contribution in [3.63, 3.8) is 0 Å². The maximum absolute atomic E-state index is 12.0. The highest BCUT2D eigenvalue weighted by molar-refractivity contribution is 7.09. The molecule has 0 bridgehead atoms. The number of hydrogen-bond donors (Lipinski definition) is 2. The Kier molecular flexibility index (Phi) is 4.69. The lowest BCUT2D eigenvalue weighted by molar-refractivity contribution is 0.0690. The molecule has 0 aliphatic rings. The molecule has 0 aromatic carbocycles. The summed E-state index contributed by atoms with van der Waals surface area (Å²) in [7, 11) is 1.73. The van der Waals surface area contributed by atoms with Crippen molar-refractivity contribution >= 4 is 23.2 Å². The van der Waals surface area contributed by atoms with Crippen molar-refractivity contribution in [3.8, 4) is 0 Å². The zero-order valence-electron chi connectivity index (χ0n) is 11.8. The van der Waals surface area contributed by atoms with Gasteiger partial charge in [0.05, 0.1) is 10.7 Å². The molecule has 0 atom stereocenters. The molecule has 112 valence electrons. The van der Waals surface area contributed by atoms with E-state index in [1.165, 1.54) is 16.7 Å². The van der Waals surface area contributed by atoms with E-state index in [0.717, 1.165) is 12.1 Å². The van der Waals surface area contributed by atoms with Gasteiger partial charge in [0.25, 0.3) is 5.91 Å². The number of nitrogens with zero attached hydrogens (tertiary/aromatic N) is 3. The first-order valence-corrected chi connectivity index (χ1v) is 7.38. The number of carboxylic acids is 1. The first-order chi connectivity index (χ1) is 10.0. The number of rotatable bonds is 6. The smallest absolute Gasteiger partial charge is 0.355 e. The second-order valence-electron chi connectivity index (χ2n) is 4.44. The maximum atomic E-state index is 12.0. The number of carbonyl (C=O) groups excluding carboxylic acids is 1. The van der Waals surface area contributed by atoms with Crippen molar-refractivity contribution in [1.29, 1.82) is 0 Å². The van der Waals surface area contributed by atoms with Crippen LogP contribution in [0.5, 0.6) is 0 Å². The van der Waals surface area contributed by atoms with Crippen LogP contribution in [0.1, 0.15) is 38.6 Å². The van der Waals surface area contributed by atoms with Gasteiger partial charge in [-0.2, -0.15) is 5.10 Å². The second kappa shape index (κ2) is 6.49. The van der Waals surface area contributed by atoms with Crippen molar-refractivity contribution in [2.75, 3.05) is 6.54 Å². The molecular weight excluding hydrogens is 292 g/mol. The standard InChI is InChI=1S/C13H16N4O3S/c1-3-8-6-10(17(2)16-8)12(18)14-5-4-11-15-9(7-21-11)13(19)20/h6-7H,3-5H2,1-2H3,(H,14,18)(H,19,20). The highest BCUT2D eigenvalue weighted by Gasteiger charge is 2.13. The van der Waals surface area contributed by atoms with Crippen LogP contribution in [0.25, 0.3) is 0 Å². The van der Waals surface area contributed by atoms with Crippen LogP contribution < -0.4 is 5.32 Å². The number of aromatic nitrogens is 3. The molecule has 0 aliphatic heterocycles. The fourth-order valence-corrected chi connectivity index (χ4v) is 2.58. The third-order valence-corrected chi connectivity index (χ3v) is 3.83. The predicted molar refractivity (Wildman–Crippen MR) is 77.7 cm³/mol. The summed E-state index contributed by atoms with van der Waals surface area (Å²) in [6.07, 6.45) is 1.28. The fourth-order valence-electron chi connectivity index (χ4n) is 1.81. The van der Waals surface area contributed by atoms with E-state index in [9.17, 15) is 9.59 Å². The Morgan fingerprint density at radius 2 is 2.24 bits per heavy atom. The Hall–Kier alpha value is -2.22. The fraction of sp³-hybridized carbons (Fsp3) is 0.385. The molecule has 1 amide bonds.